The second-order valence-corrected chi connectivity index (χ2v) is 12.5. The van der Waals surface area contributed by atoms with Crippen LogP contribution in [0.2, 0.25) is 0 Å². The highest BCUT2D eigenvalue weighted by molar-refractivity contribution is 6.05. The Bertz CT molecular complexity index is 1430. The molecule has 1 amide bonds. The maximum atomic E-state index is 13.5. The fraction of sp³-hybridized carbons (Fsp3) is 0.474. The number of phenols is 2. The number of hydrogen-bond donors (Lipinski definition) is 3. The number of anilines is 1. The average molecular weight is 614 g/mol. The maximum absolute atomic E-state index is 13.5. The van der Waals surface area contributed by atoms with Gasteiger partial charge in [0.25, 0.3) is 0 Å². The first kappa shape index (κ1) is 32.4. The van der Waals surface area contributed by atoms with Gasteiger partial charge in [-0.3, -0.25) is 4.79 Å². The van der Waals surface area contributed by atoms with Crippen LogP contribution in [-0.2, 0) is 15.1 Å². The van der Waals surface area contributed by atoms with E-state index in [0.29, 0.717) is 45.9 Å². The zero-order valence-electron chi connectivity index (χ0n) is 26.5. The molecule has 5 rings (SSSR count). The van der Waals surface area contributed by atoms with Crippen LogP contribution in [0.1, 0.15) is 137 Å². The van der Waals surface area contributed by atoms with E-state index in [2.05, 4.69) is 12.2 Å². The lowest BCUT2D eigenvalue weighted by Gasteiger charge is -2.36. The van der Waals surface area contributed by atoms with Gasteiger partial charge in [-0.05, 0) is 36.8 Å². The van der Waals surface area contributed by atoms with Crippen molar-refractivity contribution >= 4 is 17.6 Å². The van der Waals surface area contributed by atoms with Gasteiger partial charge in [-0.2, -0.15) is 0 Å². The fourth-order valence-corrected chi connectivity index (χ4v) is 6.72. The van der Waals surface area contributed by atoms with Crippen LogP contribution < -0.4 is 10.1 Å². The van der Waals surface area contributed by atoms with Gasteiger partial charge in [0, 0.05) is 35.2 Å². The Balaban J connectivity index is 1.13. The Morgan fingerprint density at radius 1 is 0.689 bits per heavy atom. The Morgan fingerprint density at radius 2 is 1.20 bits per heavy atom. The van der Waals surface area contributed by atoms with Gasteiger partial charge in [-0.15, -0.1) is 0 Å². The first-order valence-corrected chi connectivity index (χ1v) is 17.0. The molecular weight excluding hydrogens is 566 g/mol. The van der Waals surface area contributed by atoms with Crippen molar-refractivity contribution in [1.29, 1.82) is 0 Å². The third-order valence-corrected chi connectivity index (χ3v) is 9.08. The smallest absolute Gasteiger partial charge is 0.342 e. The third kappa shape index (κ3) is 7.46. The van der Waals surface area contributed by atoms with E-state index in [0.717, 1.165) is 19.3 Å². The van der Waals surface area contributed by atoms with Gasteiger partial charge in [0.2, 0.25) is 5.91 Å². The maximum Gasteiger partial charge on any atom is 0.342 e. The molecule has 2 heterocycles. The molecule has 0 saturated carbocycles. The lowest BCUT2D eigenvalue weighted by atomic mass is 9.77. The van der Waals surface area contributed by atoms with Gasteiger partial charge in [-0.1, -0.05) is 109 Å². The van der Waals surface area contributed by atoms with Gasteiger partial charge in [0.15, 0.2) is 5.60 Å². The topological polar surface area (TPSA) is 105 Å². The van der Waals surface area contributed by atoms with Crippen LogP contribution in [0.25, 0.3) is 0 Å². The molecule has 0 fully saturated rings. The standard InChI is InChI=1S/C38H47NO6/c1-2-3-4-5-6-7-8-9-10-11-12-13-14-15-16-20-35(42)39-32-19-17-18-31-36(32)37(43)45-38(31)29-23-21-27(40)25-33(29)44-34-26-28(41)22-24-30(34)38/h17-19,21-26,40-41H,2-16,20H2,1H3,(H,39,42). The minimum absolute atomic E-state index is 0.00290. The summed E-state index contributed by atoms with van der Waals surface area (Å²) in [6.07, 6.45) is 19.4. The molecule has 0 radical (unpaired) electrons. The molecule has 1 spiro atoms. The minimum Gasteiger partial charge on any atom is -0.508 e. The lowest BCUT2D eigenvalue weighted by Crippen LogP contribution is -2.32. The number of benzene rings is 3. The number of carbonyl (C=O) groups excluding carboxylic acids is 2. The molecular formula is C38H47NO6. The van der Waals surface area contributed by atoms with Crippen LogP contribution >= 0.6 is 0 Å². The number of amides is 1. The van der Waals surface area contributed by atoms with E-state index in [1.54, 1.807) is 24.3 Å². The van der Waals surface area contributed by atoms with Crippen molar-refractivity contribution in [2.45, 2.75) is 115 Å². The summed E-state index contributed by atoms with van der Waals surface area (Å²) in [4.78, 5) is 26.4. The Hall–Kier alpha value is -4.00. The van der Waals surface area contributed by atoms with Gasteiger partial charge in [0.1, 0.15) is 23.0 Å². The minimum atomic E-state index is -1.36. The number of ether oxygens (including phenoxy) is 2. The molecule has 0 unspecified atom stereocenters. The highest BCUT2D eigenvalue weighted by atomic mass is 16.6. The molecule has 2 aliphatic heterocycles. The van der Waals surface area contributed by atoms with E-state index >= 15 is 0 Å². The lowest BCUT2D eigenvalue weighted by molar-refractivity contribution is -0.116. The van der Waals surface area contributed by atoms with Gasteiger partial charge in [0.05, 0.1) is 11.3 Å². The number of fused-ring (bicyclic) bond motifs is 6. The van der Waals surface area contributed by atoms with Crippen molar-refractivity contribution in [2.75, 3.05) is 5.32 Å². The number of nitrogens with one attached hydrogen (secondary N) is 1. The molecule has 0 aromatic heterocycles. The number of aromatic hydroxyl groups is 2. The Labute approximate surface area is 267 Å². The van der Waals surface area contributed by atoms with Crippen LogP contribution in [0, 0.1) is 0 Å². The first-order chi connectivity index (χ1) is 21.9. The highest BCUT2D eigenvalue weighted by Crippen LogP contribution is 2.57. The summed E-state index contributed by atoms with van der Waals surface area (Å²) < 4.78 is 12.2. The van der Waals surface area contributed by atoms with E-state index in [-0.39, 0.29) is 17.4 Å². The van der Waals surface area contributed by atoms with Gasteiger partial charge >= 0.3 is 5.97 Å². The normalized spacial score (nSPS) is 13.9. The van der Waals surface area contributed by atoms with Crippen LogP contribution in [0.15, 0.2) is 54.6 Å². The molecule has 2 aliphatic rings. The van der Waals surface area contributed by atoms with Crippen LogP contribution in [0.5, 0.6) is 23.0 Å². The van der Waals surface area contributed by atoms with Crippen molar-refractivity contribution in [1.82, 2.24) is 0 Å². The first-order valence-electron chi connectivity index (χ1n) is 17.0. The summed E-state index contributed by atoms with van der Waals surface area (Å²) in [5.74, 6) is -0.0660. The average Bonchev–Trinajstić information content (AvgIpc) is 3.31. The van der Waals surface area contributed by atoms with E-state index in [9.17, 15) is 19.8 Å². The summed E-state index contributed by atoms with van der Waals surface area (Å²) in [5, 5.41) is 23.2. The molecule has 0 atom stereocenters. The molecule has 0 aliphatic carbocycles. The number of hydrogen-bond acceptors (Lipinski definition) is 6. The third-order valence-electron chi connectivity index (χ3n) is 9.08. The monoisotopic (exact) mass is 613 g/mol. The Morgan fingerprint density at radius 3 is 1.73 bits per heavy atom. The van der Waals surface area contributed by atoms with Crippen molar-refractivity contribution < 1.29 is 29.3 Å². The van der Waals surface area contributed by atoms with E-state index < -0.39 is 11.6 Å². The second-order valence-electron chi connectivity index (χ2n) is 12.5. The number of carbonyl (C=O) groups is 2. The van der Waals surface area contributed by atoms with E-state index in [1.807, 2.05) is 6.07 Å². The van der Waals surface area contributed by atoms with Gasteiger partial charge < -0.3 is 25.0 Å². The molecule has 3 aromatic carbocycles. The predicted molar refractivity (Wildman–Crippen MR) is 176 cm³/mol. The summed E-state index contributed by atoms with van der Waals surface area (Å²) in [7, 11) is 0. The Kier molecular flexibility index (Phi) is 11.0. The molecule has 7 nitrogen and oxygen atoms in total. The second kappa shape index (κ2) is 15.3. The van der Waals surface area contributed by atoms with E-state index in [4.69, 9.17) is 9.47 Å². The number of unbranched alkanes of at least 4 members (excludes halogenated alkanes) is 14. The highest BCUT2D eigenvalue weighted by Gasteiger charge is 2.54. The van der Waals surface area contributed by atoms with Gasteiger partial charge in [-0.25, -0.2) is 4.79 Å². The van der Waals surface area contributed by atoms with Crippen LogP contribution in [0.3, 0.4) is 0 Å². The van der Waals surface area contributed by atoms with Crippen molar-refractivity contribution in [2.24, 2.45) is 0 Å². The van der Waals surface area contributed by atoms with Crippen molar-refractivity contribution in [3.05, 3.63) is 76.9 Å². The number of rotatable bonds is 17. The van der Waals surface area contributed by atoms with Crippen LogP contribution in [0.4, 0.5) is 5.69 Å². The molecule has 7 heteroatoms. The van der Waals surface area contributed by atoms with Crippen LogP contribution in [-0.4, -0.2) is 22.1 Å². The summed E-state index contributed by atoms with van der Waals surface area (Å²) in [5.41, 5.74) is 1.01. The largest absolute Gasteiger partial charge is 0.508 e. The zero-order valence-corrected chi connectivity index (χ0v) is 26.5. The molecule has 45 heavy (non-hydrogen) atoms. The van der Waals surface area contributed by atoms with Crippen molar-refractivity contribution in [3.63, 3.8) is 0 Å². The quantitative estimate of drug-likeness (QED) is 0.103. The fourth-order valence-electron chi connectivity index (χ4n) is 6.72. The summed E-state index contributed by atoms with van der Waals surface area (Å²) in [6, 6.07) is 14.6. The number of phenolic OH excluding ortho intramolecular Hbond substituents is 2. The SMILES string of the molecule is CCCCCCCCCCCCCCCCCC(=O)Nc1cccc2c1C(=O)OC21c2ccc(O)cc2Oc2cc(O)ccc21. The molecule has 3 N–H and O–H groups in total. The summed E-state index contributed by atoms with van der Waals surface area (Å²) >= 11 is 0. The van der Waals surface area contributed by atoms with Crippen molar-refractivity contribution in [3.8, 4) is 23.0 Å². The predicted octanol–water partition coefficient (Wildman–Crippen LogP) is 9.87. The summed E-state index contributed by atoms with van der Waals surface area (Å²) in [6.45, 7) is 2.26. The molecule has 0 saturated heterocycles. The zero-order chi connectivity index (χ0) is 31.6. The number of esters is 1. The molecule has 3 aromatic rings. The molecule has 240 valence electrons. The van der Waals surface area contributed by atoms with E-state index in [1.165, 1.54) is 101 Å². The molecule has 0 bridgehead atoms.